The highest BCUT2D eigenvalue weighted by Crippen LogP contribution is 2.31. The summed E-state index contributed by atoms with van der Waals surface area (Å²) in [6, 6.07) is 17.2. The zero-order valence-electron chi connectivity index (χ0n) is 17.1. The van der Waals surface area contributed by atoms with E-state index in [2.05, 4.69) is 65.3 Å². The Morgan fingerprint density at radius 2 is 1.76 bits per heavy atom. The first-order valence-corrected chi connectivity index (χ1v) is 10.8. The van der Waals surface area contributed by atoms with E-state index in [9.17, 15) is 4.79 Å². The van der Waals surface area contributed by atoms with E-state index in [-0.39, 0.29) is 0 Å². The molecule has 2 aliphatic rings. The van der Waals surface area contributed by atoms with Crippen LogP contribution in [0.4, 0.5) is 0 Å². The molecule has 1 aliphatic heterocycles. The van der Waals surface area contributed by atoms with Crippen molar-refractivity contribution in [2.45, 2.75) is 32.7 Å². The number of aryl methyl sites for hydroxylation is 1. The standard InChI is InChI=1S/C25H28N2O2/c1-18-3-5-19(6-4-18)21-9-10-24-22(15-21)16-23(29-24)17-26-11-2-12-27(14-13-26)25(28)20-7-8-20/h3-6,9-10,15-16,20H,2,7-8,11-14,17H2,1H3. The molecule has 1 aromatic heterocycles. The lowest BCUT2D eigenvalue weighted by molar-refractivity contribution is -0.132. The first kappa shape index (κ1) is 18.4. The summed E-state index contributed by atoms with van der Waals surface area (Å²) in [5.74, 6) is 1.70. The fourth-order valence-corrected chi connectivity index (χ4v) is 4.26. The summed E-state index contributed by atoms with van der Waals surface area (Å²) in [6.07, 6.45) is 3.21. The van der Waals surface area contributed by atoms with Gasteiger partial charge in [0.25, 0.3) is 0 Å². The van der Waals surface area contributed by atoms with Crippen LogP contribution in [0.3, 0.4) is 0 Å². The number of nitrogens with zero attached hydrogens (tertiary/aromatic N) is 2. The number of carbonyl (C=O) groups is 1. The molecule has 2 heterocycles. The van der Waals surface area contributed by atoms with Crippen molar-refractivity contribution in [3.8, 4) is 11.1 Å². The van der Waals surface area contributed by atoms with Crippen LogP contribution in [-0.2, 0) is 11.3 Å². The van der Waals surface area contributed by atoms with Gasteiger partial charge >= 0.3 is 0 Å². The van der Waals surface area contributed by atoms with Crippen LogP contribution < -0.4 is 0 Å². The van der Waals surface area contributed by atoms with Crippen LogP contribution in [0.15, 0.2) is 52.9 Å². The van der Waals surface area contributed by atoms with Gasteiger partial charge in [0.1, 0.15) is 11.3 Å². The van der Waals surface area contributed by atoms with E-state index in [1.807, 2.05) is 0 Å². The zero-order chi connectivity index (χ0) is 19.8. The molecule has 0 atom stereocenters. The number of amides is 1. The quantitative estimate of drug-likeness (QED) is 0.641. The van der Waals surface area contributed by atoms with Crippen LogP contribution in [0, 0.1) is 12.8 Å². The monoisotopic (exact) mass is 388 g/mol. The van der Waals surface area contributed by atoms with Gasteiger partial charge in [-0.15, -0.1) is 0 Å². The van der Waals surface area contributed by atoms with E-state index < -0.39 is 0 Å². The fourth-order valence-electron chi connectivity index (χ4n) is 4.26. The third-order valence-corrected chi connectivity index (χ3v) is 6.16. The van der Waals surface area contributed by atoms with E-state index in [0.29, 0.717) is 11.8 Å². The van der Waals surface area contributed by atoms with Crippen molar-refractivity contribution in [2.24, 2.45) is 5.92 Å². The highest BCUT2D eigenvalue weighted by atomic mass is 16.3. The minimum atomic E-state index is 0.319. The predicted molar refractivity (Wildman–Crippen MR) is 116 cm³/mol. The highest BCUT2D eigenvalue weighted by molar-refractivity contribution is 5.84. The molecule has 4 heteroatoms. The molecule has 2 aromatic carbocycles. The molecule has 0 bridgehead atoms. The number of carbonyl (C=O) groups excluding carboxylic acids is 1. The molecular formula is C25H28N2O2. The third kappa shape index (κ3) is 4.08. The van der Waals surface area contributed by atoms with Crippen LogP contribution in [0.1, 0.15) is 30.6 Å². The first-order valence-electron chi connectivity index (χ1n) is 10.8. The van der Waals surface area contributed by atoms with Crippen LogP contribution in [-0.4, -0.2) is 41.9 Å². The van der Waals surface area contributed by atoms with Gasteiger partial charge in [0.2, 0.25) is 5.91 Å². The fraction of sp³-hybridized carbons (Fsp3) is 0.400. The second-order valence-electron chi connectivity index (χ2n) is 8.56. The second kappa shape index (κ2) is 7.68. The van der Waals surface area contributed by atoms with Gasteiger partial charge in [-0.2, -0.15) is 0 Å². The molecular weight excluding hydrogens is 360 g/mol. The summed E-state index contributed by atoms with van der Waals surface area (Å²) in [6.45, 7) is 6.59. The number of furan rings is 1. The van der Waals surface area contributed by atoms with E-state index in [0.717, 1.165) is 68.7 Å². The largest absolute Gasteiger partial charge is 0.460 e. The number of benzene rings is 2. The van der Waals surface area contributed by atoms with E-state index in [4.69, 9.17) is 4.42 Å². The second-order valence-corrected chi connectivity index (χ2v) is 8.56. The van der Waals surface area contributed by atoms with Crippen molar-refractivity contribution in [3.05, 3.63) is 59.9 Å². The van der Waals surface area contributed by atoms with E-state index in [1.165, 1.54) is 16.7 Å². The molecule has 2 fully saturated rings. The van der Waals surface area contributed by atoms with Gasteiger partial charge in [-0.05, 0) is 55.5 Å². The number of hydrogen-bond acceptors (Lipinski definition) is 3. The molecule has 29 heavy (non-hydrogen) atoms. The maximum Gasteiger partial charge on any atom is 0.225 e. The Morgan fingerprint density at radius 1 is 0.966 bits per heavy atom. The van der Waals surface area contributed by atoms with Crippen molar-refractivity contribution in [3.63, 3.8) is 0 Å². The number of rotatable bonds is 4. The molecule has 5 rings (SSSR count). The topological polar surface area (TPSA) is 36.7 Å². The molecule has 1 saturated heterocycles. The van der Waals surface area contributed by atoms with Gasteiger partial charge in [-0.1, -0.05) is 35.9 Å². The average Bonchev–Trinajstić information content (AvgIpc) is 3.52. The molecule has 0 spiro atoms. The van der Waals surface area contributed by atoms with Gasteiger partial charge in [0.15, 0.2) is 0 Å². The number of fused-ring (bicyclic) bond motifs is 1. The van der Waals surface area contributed by atoms with Crippen molar-refractivity contribution in [1.29, 1.82) is 0 Å². The maximum atomic E-state index is 12.4. The minimum absolute atomic E-state index is 0.319. The van der Waals surface area contributed by atoms with Gasteiger partial charge in [0, 0.05) is 37.5 Å². The molecule has 1 amide bonds. The maximum absolute atomic E-state index is 12.4. The molecule has 0 radical (unpaired) electrons. The normalized spacial score (nSPS) is 18.2. The third-order valence-electron chi connectivity index (χ3n) is 6.16. The first-order chi connectivity index (χ1) is 14.2. The van der Waals surface area contributed by atoms with Gasteiger partial charge in [-0.3, -0.25) is 9.69 Å². The lowest BCUT2D eigenvalue weighted by Crippen LogP contribution is -2.35. The summed E-state index contributed by atoms with van der Waals surface area (Å²) in [7, 11) is 0. The van der Waals surface area contributed by atoms with Crippen LogP contribution in [0.5, 0.6) is 0 Å². The lowest BCUT2D eigenvalue weighted by atomic mass is 10.0. The summed E-state index contributed by atoms with van der Waals surface area (Å²) in [5, 5.41) is 1.15. The molecule has 150 valence electrons. The SMILES string of the molecule is Cc1ccc(-c2ccc3oc(CN4CCCN(C(=O)C5CC5)CC4)cc3c2)cc1. The lowest BCUT2D eigenvalue weighted by Gasteiger charge is -2.21. The van der Waals surface area contributed by atoms with Crippen molar-refractivity contribution < 1.29 is 9.21 Å². The van der Waals surface area contributed by atoms with Gasteiger partial charge in [-0.25, -0.2) is 0 Å². The molecule has 0 N–H and O–H groups in total. The van der Waals surface area contributed by atoms with Crippen LogP contribution in [0.2, 0.25) is 0 Å². The molecule has 3 aromatic rings. The molecule has 0 unspecified atom stereocenters. The Balaban J connectivity index is 1.28. The zero-order valence-corrected chi connectivity index (χ0v) is 17.1. The van der Waals surface area contributed by atoms with Crippen molar-refractivity contribution in [2.75, 3.05) is 26.2 Å². The smallest absolute Gasteiger partial charge is 0.225 e. The number of hydrogen-bond donors (Lipinski definition) is 0. The minimum Gasteiger partial charge on any atom is -0.460 e. The Hall–Kier alpha value is -2.59. The van der Waals surface area contributed by atoms with Crippen LogP contribution in [0.25, 0.3) is 22.1 Å². The Morgan fingerprint density at radius 3 is 2.55 bits per heavy atom. The van der Waals surface area contributed by atoms with Gasteiger partial charge < -0.3 is 9.32 Å². The summed E-state index contributed by atoms with van der Waals surface area (Å²) < 4.78 is 6.12. The molecule has 1 saturated carbocycles. The van der Waals surface area contributed by atoms with E-state index >= 15 is 0 Å². The summed E-state index contributed by atoms with van der Waals surface area (Å²) in [5.41, 5.74) is 4.66. The van der Waals surface area contributed by atoms with Crippen molar-refractivity contribution >= 4 is 16.9 Å². The van der Waals surface area contributed by atoms with Gasteiger partial charge in [0.05, 0.1) is 6.54 Å². The summed E-state index contributed by atoms with van der Waals surface area (Å²) >= 11 is 0. The Labute approximate surface area is 172 Å². The molecule has 1 aliphatic carbocycles. The Bertz CT molecular complexity index is 1020. The highest BCUT2D eigenvalue weighted by Gasteiger charge is 2.33. The van der Waals surface area contributed by atoms with Crippen molar-refractivity contribution in [1.82, 2.24) is 9.80 Å². The van der Waals surface area contributed by atoms with E-state index in [1.54, 1.807) is 0 Å². The molecule has 4 nitrogen and oxygen atoms in total. The Kier molecular flexibility index (Phi) is 4.88. The van der Waals surface area contributed by atoms with Crippen LogP contribution >= 0.6 is 0 Å². The average molecular weight is 389 g/mol. The summed E-state index contributed by atoms with van der Waals surface area (Å²) in [4.78, 5) is 16.8. The predicted octanol–water partition coefficient (Wildman–Crippen LogP) is 4.85.